The lowest BCUT2D eigenvalue weighted by atomic mass is 10.1. The Kier molecular flexibility index (Phi) is 6.74. The van der Waals surface area contributed by atoms with Crippen LogP contribution in [0.4, 0.5) is 14.5 Å². The summed E-state index contributed by atoms with van der Waals surface area (Å²) < 4.78 is 28.4. The molecule has 0 radical (unpaired) electrons. The number of ether oxygens (including phenoxy) is 1. The first kappa shape index (κ1) is 18.7. The average Bonchev–Trinajstić information content (AvgIpc) is 2.53. The molecule has 2 rings (SSSR count). The highest BCUT2D eigenvalue weighted by molar-refractivity contribution is 5.80. The first-order valence-electron chi connectivity index (χ1n) is 8.05. The fourth-order valence-corrected chi connectivity index (χ4v) is 2.51. The van der Waals surface area contributed by atoms with Crippen LogP contribution >= 0.6 is 0 Å². The highest BCUT2D eigenvalue weighted by Crippen LogP contribution is 2.15. The van der Waals surface area contributed by atoms with Gasteiger partial charge in [-0.1, -0.05) is 18.2 Å². The van der Waals surface area contributed by atoms with Crippen molar-refractivity contribution < 1.29 is 18.3 Å². The van der Waals surface area contributed by atoms with Crippen LogP contribution in [0.25, 0.3) is 0 Å². The summed E-state index contributed by atoms with van der Waals surface area (Å²) in [4.78, 5) is 11.9. The smallest absolute Gasteiger partial charge is 0.387 e. The zero-order valence-corrected chi connectivity index (χ0v) is 14.3. The maximum Gasteiger partial charge on any atom is 0.387 e. The summed E-state index contributed by atoms with van der Waals surface area (Å²) in [6, 6.07) is 12.4. The van der Waals surface area contributed by atoms with E-state index in [1.807, 2.05) is 26.0 Å². The van der Waals surface area contributed by atoms with Crippen molar-refractivity contribution >= 4 is 11.6 Å². The normalized spacial score (nSPS) is 10.6. The van der Waals surface area contributed by atoms with Crippen LogP contribution in [0, 0.1) is 13.8 Å². The number of halogens is 2. The molecular weight excluding hydrogens is 326 g/mol. The van der Waals surface area contributed by atoms with Crippen LogP contribution in [-0.2, 0) is 11.2 Å². The van der Waals surface area contributed by atoms with Crippen LogP contribution in [0.5, 0.6) is 5.75 Å². The third-order valence-corrected chi connectivity index (χ3v) is 3.56. The van der Waals surface area contributed by atoms with Gasteiger partial charge in [0.15, 0.2) is 0 Å². The fraction of sp³-hybridized carbons (Fsp3) is 0.316. The van der Waals surface area contributed by atoms with Gasteiger partial charge in [-0.3, -0.25) is 4.79 Å². The van der Waals surface area contributed by atoms with E-state index in [1.165, 1.54) is 12.1 Å². The Labute approximate surface area is 146 Å². The minimum absolute atomic E-state index is 0.100. The molecule has 0 saturated heterocycles. The second kappa shape index (κ2) is 9.01. The molecule has 2 aromatic carbocycles. The molecule has 0 spiro atoms. The Hall–Kier alpha value is -2.63. The number of nitrogens with one attached hydrogen (secondary N) is 2. The summed E-state index contributed by atoms with van der Waals surface area (Å²) in [5.41, 5.74) is 4.14. The first-order chi connectivity index (χ1) is 11.9. The second-order valence-corrected chi connectivity index (χ2v) is 5.85. The van der Waals surface area contributed by atoms with Gasteiger partial charge in [0.05, 0.1) is 6.54 Å². The Morgan fingerprint density at radius 1 is 1.08 bits per heavy atom. The van der Waals surface area contributed by atoms with Crippen molar-refractivity contribution in [3.8, 4) is 5.75 Å². The predicted molar refractivity (Wildman–Crippen MR) is 94.2 cm³/mol. The number of hydrogen-bond acceptors (Lipinski definition) is 3. The molecule has 0 aliphatic heterocycles. The summed E-state index contributed by atoms with van der Waals surface area (Å²) >= 11 is 0. The van der Waals surface area contributed by atoms with Gasteiger partial charge < -0.3 is 15.4 Å². The van der Waals surface area contributed by atoms with Crippen LogP contribution in [0.1, 0.15) is 16.7 Å². The van der Waals surface area contributed by atoms with Crippen LogP contribution < -0.4 is 15.4 Å². The molecule has 4 nitrogen and oxygen atoms in total. The summed E-state index contributed by atoms with van der Waals surface area (Å²) in [5, 5.41) is 5.93. The topological polar surface area (TPSA) is 50.4 Å². The molecule has 134 valence electrons. The summed E-state index contributed by atoms with van der Waals surface area (Å²) in [5.74, 6) is 0.0252. The van der Waals surface area contributed by atoms with E-state index >= 15 is 0 Å². The number of carbonyl (C=O) groups excluding carboxylic acids is 1. The van der Waals surface area contributed by atoms with Gasteiger partial charge in [-0.05, 0) is 61.2 Å². The third kappa shape index (κ3) is 6.79. The number of alkyl halides is 2. The SMILES string of the molecule is Cc1cc(C)cc(NCC(=O)NCCc2ccc(OC(F)F)cc2)c1. The lowest BCUT2D eigenvalue weighted by molar-refractivity contribution is -0.119. The zero-order chi connectivity index (χ0) is 18.2. The van der Waals surface area contributed by atoms with E-state index in [0.29, 0.717) is 13.0 Å². The van der Waals surface area contributed by atoms with Gasteiger partial charge >= 0.3 is 6.61 Å². The van der Waals surface area contributed by atoms with E-state index in [2.05, 4.69) is 21.4 Å². The van der Waals surface area contributed by atoms with Crippen molar-refractivity contribution in [1.29, 1.82) is 0 Å². The van der Waals surface area contributed by atoms with E-state index < -0.39 is 6.61 Å². The Morgan fingerprint density at radius 3 is 2.32 bits per heavy atom. The van der Waals surface area contributed by atoms with Crippen molar-refractivity contribution in [2.75, 3.05) is 18.4 Å². The largest absolute Gasteiger partial charge is 0.435 e. The Morgan fingerprint density at radius 2 is 1.72 bits per heavy atom. The molecule has 0 atom stereocenters. The predicted octanol–water partition coefficient (Wildman–Crippen LogP) is 3.68. The Bertz CT molecular complexity index is 683. The molecule has 0 saturated carbocycles. The standard InChI is InChI=1S/C19H22F2N2O2/c1-13-9-14(2)11-16(10-13)23-12-18(24)22-8-7-15-3-5-17(6-4-15)25-19(20)21/h3-6,9-11,19,23H,7-8,12H2,1-2H3,(H,22,24). The van der Waals surface area contributed by atoms with Crippen LogP contribution in [0.3, 0.4) is 0 Å². The third-order valence-electron chi connectivity index (χ3n) is 3.56. The number of amides is 1. The molecule has 0 fully saturated rings. The number of anilines is 1. The first-order valence-corrected chi connectivity index (χ1v) is 8.05. The van der Waals surface area contributed by atoms with E-state index in [4.69, 9.17) is 0 Å². The Balaban J connectivity index is 1.71. The summed E-state index contributed by atoms with van der Waals surface area (Å²) in [6.45, 7) is 1.87. The highest BCUT2D eigenvalue weighted by Gasteiger charge is 2.05. The number of hydrogen-bond donors (Lipinski definition) is 2. The number of carbonyl (C=O) groups is 1. The van der Waals surface area contributed by atoms with Crippen LogP contribution in [-0.4, -0.2) is 25.6 Å². The maximum atomic E-state index is 12.1. The molecule has 6 heteroatoms. The molecule has 2 N–H and O–H groups in total. The minimum atomic E-state index is -2.82. The number of rotatable bonds is 8. The van der Waals surface area contributed by atoms with Crippen molar-refractivity contribution in [3.05, 3.63) is 59.2 Å². The molecule has 0 heterocycles. The van der Waals surface area contributed by atoms with E-state index in [0.717, 1.165) is 22.4 Å². The van der Waals surface area contributed by atoms with Gasteiger partial charge in [0, 0.05) is 12.2 Å². The number of benzene rings is 2. The lowest BCUT2D eigenvalue weighted by Gasteiger charge is -2.10. The molecule has 1 amide bonds. The molecule has 0 aromatic heterocycles. The van der Waals surface area contributed by atoms with Crippen molar-refractivity contribution in [3.63, 3.8) is 0 Å². The van der Waals surface area contributed by atoms with E-state index in [9.17, 15) is 13.6 Å². The molecule has 0 bridgehead atoms. The maximum absolute atomic E-state index is 12.1. The second-order valence-electron chi connectivity index (χ2n) is 5.85. The van der Waals surface area contributed by atoms with Crippen molar-refractivity contribution in [2.45, 2.75) is 26.9 Å². The van der Waals surface area contributed by atoms with Gasteiger partial charge in [-0.2, -0.15) is 8.78 Å². The quantitative estimate of drug-likeness (QED) is 0.765. The van der Waals surface area contributed by atoms with Crippen LogP contribution in [0.15, 0.2) is 42.5 Å². The number of aryl methyl sites for hydroxylation is 2. The van der Waals surface area contributed by atoms with Crippen molar-refractivity contribution in [1.82, 2.24) is 5.32 Å². The lowest BCUT2D eigenvalue weighted by Crippen LogP contribution is -2.31. The summed E-state index contributed by atoms with van der Waals surface area (Å²) in [7, 11) is 0. The van der Waals surface area contributed by atoms with E-state index in [-0.39, 0.29) is 18.2 Å². The van der Waals surface area contributed by atoms with Gasteiger partial charge in [0.2, 0.25) is 5.91 Å². The fourth-order valence-electron chi connectivity index (χ4n) is 2.51. The molecule has 0 aliphatic carbocycles. The van der Waals surface area contributed by atoms with Gasteiger partial charge in [-0.25, -0.2) is 0 Å². The van der Waals surface area contributed by atoms with Gasteiger partial charge in [0.1, 0.15) is 5.75 Å². The average molecular weight is 348 g/mol. The van der Waals surface area contributed by atoms with Crippen molar-refractivity contribution in [2.24, 2.45) is 0 Å². The molecular formula is C19H22F2N2O2. The minimum Gasteiger partial charge on any atom is -0.435 e. The molecule has 2 aromatic rings. The van der Waals surface area contributed by atoms with E-state index in [1.54, 1.807) is 12.1 Å². The summed E-state index contributed by atoms with van der Waals surface area (Å²) in [6.07, 6.45) is 0.615. The zero-order valence-electron chi connectivity index (χ0n) is 14.3. The molecule has 25 heavy (non-hydrogen) atoms. The molecule has 0 unspecified atom stereocenters. The van der Waals surface area contributed by atoms with Crippen LogP contribution in [0.2, 0.25) is 0 Å². The highest BCUT2D eigenvalue weighted by atomic mass is 19.3. The monoisotopic (exact) mass is 348 g/mol. The van der Waals surface area contributed by atoms with Gasteiger partial charge in [0.25, 0.3) is 0 Å². The van der Waals surface area contributed by atoms with Gasteiger partial charge in [-0.15, -0.1) is 0 Å². The molecule has 0 aliphatic rings.